The third-order valence-electron chi connectivity index (χ3n) is 4.15. The summed E-state index contributed by atoms with van der Waals surface area (Å²) in [5.74, 6) is 0. The van der Waals surface area contributed by atoms with Gasteiger partial charge in [-0.1, -0.05) is 44.2 Å². The smallest absolute Gasteiger partial charge is 0.282 e. The monoisotopic (exact) mass is 311 g/mol. The summed E-state index contributed by atoms with van der Waals surface area (Å²) in [5.41, 5.74) is 1.17. The molecule has 0 aliphatic carbocycles. The average molecular weight is 311 g/mol. The molecule has 1 saturated heterocycles. The first kappa shape index (κ1) is 16.4. The molecule has 2 rings (SSSR count). The van der Waals surface area contributed by atoms with Crippen molar-refractivity contribution in [3.8, 4) is 0 Å². The fourth-order valence-corrected chi connectivity index (χ4v) is 4.43. The molecule has 1 aliphatic rings. The molecule has 21 heavy (non-hydrogen) atoms. The first-order valence-corrected chi connectivity index (χ1v) is 8.90. The number of piperazine rings is 1. The summed E-state index contributed by atoms with van der Waals surface area (Å²) in [6.45, 7) is 6.61. The summed E-state index contributed by atoms with van der Waals surface area (Å²) >= 11 is 0. The number of benzene rings is 1. The molecule has 1 aliphatic heterocycles. The SMILES string of the molecule is CCN(CC)S(=O)(=O)N1CCN(C)[C@H](c2ccccc2)C1. The first-order chi connectivity index (χ1) is 10.0. The predicted molar refractivity (Wildman–Crippen MR) is 85.2 cm³/mol. The summed E-state index contributed by atoms with van der Waals surface area (Å²) in [6.07, 6.45) is 0. The molecule has 0 spiro atoms. The highest BCUT2D eigenvalue weighted by Gasteiger charge is 2.34. The molecule has 0 unspecified atom stereocenters. The van der Waals surface area contributed by atoms with Crippen LogP contribution in [0.1, 0.15) is 25.5 Å². The molecule has 5 nitrogen and oxygen atoms in total. The minimum Gasteiger partial charge on any atom is -0.297 e. The number of hydrogen-bond donors (Lipinski definition) is 0. The van der Waals surface area contributed by atoms with Gasteiger partial charge in [0.15, 0.2) is 0 Å². The van der Waals surface area contributed by atoms with Gasteiger partial charge in [-0.05, 0) is 12.6 Å². The first-order valence-electron chi connectivity index (χ1n) is 7.51. The molecule has 6 heteroatoms. The Morgan fingerprint density at radius 3 is 2.33 bits per heavy atom. The highest BCUT2D eigenvalue weighted by atomic mass is 32.2. The zero-order valence-electron chi connectivity index (χ0n) is 13.1. The minimum absolute atomic E-state index is 0.116. The molecule has 0 saturated carbocycles. The molecule has 0 bridgehead atoms. The van der Waals surface area contributed by atoms with E-state index in [1.807, 2.05) is 32.0 Å². The third-order valence-corrected chi connectivity index (χ3v) is 6.31. The molecule has 1 atom stereocenters. The van der Waals surface area contributed by atoms with Crippen LogP contribution in [0, 0.1) is 0 Å². The molecule has 1 heterocycles. The summed E-state index contributed by atoms with van der Waals surface area (Å²) < 4.78 is 28.5. The van der Waals surface area contributed by atoms with Gasteiger partial charge in [-0.25, -0.2) is 0 Å². The van der Waals surface area contributed by atoms with Gasteiger partial charge in [0.25, 0.3) is 10.2 Å². The Bertz CT molecular complexity index is 543. The fraction of sp³-hybridized carbons (Fsp3) is 0.600. The van der Waals surface area contributed by atoms with E-state index in [-0.39, 0.29) is 6.04 Å². The van der Waals surface area contributed by atoms with Crippen LogP contribution in [0.15, 0.2) is 30.3 Å². The topological polar surface area (TPSA) is 43.9 Å². The minimum atomic E-state index is -3.35. The molecule has 0 amide bonds. The standard InChI is InChI=1S/C15H25N3O2S/c1-4-17(5-2)21(19,20)18-12-11-16(3)15(13-18)14-9-7-6-8-10-14/h6-10,15H,4-5,11-13H2,1-3H3/t15-/m0/s1. The van der Waals surface area contributed by atoms with E-state index in [1.165, 1.54) is 9.87 Å². The van der Waals surface area contributed by atoms with Gasteiger partial charge in [0.2, 0.25) is 0 Å². The Hall–Kier alpha value is -0.950. The van der Waals surface area contributed by atoms with Crippen molar-refractivity contribution in [2.75, 3.05) is 39.8 Å². The Labute approximate surface area is 128 Å². The molecule has 0 radical (unpaired) electrons. The number of hydrogen-bond acceptors (Lipinski definition) is 3. The zero-order chi connectivity index (χ0) is 15.5. The second-order valence-electron chi connectivity index (χ2n) is 5.36. The van der Waals surface area contributed by atoms with Gasteiger partial charge in [-0.15, -0.1) is 0 Å². The van der Waals surface area contributed by atoms with Crippen LogP contribution in [0.4, 0.5) is 0 Å². The molecule has 0 aromatic heterocycles. The Morgan fingerprint density at radius 1 is 1.14 bits per heavy atom. The maximum absolute atomic E-state index is 12.7. The summed E-state index contributed by atoms with van der Waals surface area (Å²) in [5, 5.41) is 0. The van der Waals surface area contributed by atoms with E-state index < -0.39 is 10.2 Å². The number of nitrogens with zero attached hydrogens (tertiary/aromatic N) is 3. The molecule has 118 valence electrons. The van der Waals surface area contributed by atoms with Crippen LogP contribution < -0.4 is 0 Å². The van der Waals surface area contributed by atoms with E-state index >= 15 is 0 Å². The second kappa shape index (κ2) is 6.87. The Kier molecular flexibility index (Phi) is 5.37. The molecule has 1 fully saturated rings. The quantitative estimate of drug-likeness (QED) is 0.829. The number of rotatable bonds is 5. The van der Waals surface area contributed by atoms with E-state index in [2.05, 4.69) is 24.1 Å². The van der Waals surface area contributed by atoms with Crippen molar-refractivity contribution in [1.29, 1.82) is 0 Å². The normalized spacial score (nSPS) is 21.8. The lowest BCUT2D eigenvalue weighted by Gasteiger charge is -2.40. The van der Waals surface area contributed by atoms with Crippen LogP contribution in [-0.4, -0.2) is 61.7 Å². The lowest BCUT2D eigenvalue weighted by molar-refractivity contribution is 0.143. The van der Waals surface area contributed by atoms with Crippen molar-refractivity contribution in [2.24, 2.45) is 0 Å². The van der Waals surface area contributed by atoms with E-state index in [9.17, 15) is 8.42 Å². The molecular weight excluding hydrogens is 286 g/mol. The summed E-state index contributed by atoms with van der Waals surface area (Å²) in [6, 6.07) is 10.2. The van der Waals surface area contributed by atoms with Crippen LogP contribution in [0.25, 0.3) is 0 Å². The highest BCUT2D eigenvalue weighted by Crippen LogP contribution is 2.26. The average Bonchev–Trinajstić information content (AvgIpc) is 2.49. The van der Waals surface area contributed by atoms with Gasteiger partial charge < -0.3 is 0 Å². The maximum Gasteiger partial charge on any atom is 0.282 e. The van der Waals surface area contributed by atoms with Gasteiger partial charge in [0.1, 0.15) is 0 Å². The lowest BCUT2D eigenvalue weighted by atomic mass is 10.0. The Morgan fingerprint density at radius 2 is 1.76 bits per heavy atom. The van der Waals surface area contributed by atoms with Gasteiger partial charge in [-0.2, -0.15) is 17.0 Å². The second-order valence-corrected chi connectivity index (χ2v) is 7.29. The summed E-state index contributed by atoms with van der Waals surface area (Å²) in [7, 11) is -1.29. The highest BCUT2D eigenvalue weighted by molar-refractivity contribution is 7.86. The van der Waals surface area contributed by atoms with Crippen LogP contribution >= 0.6 is 0 Å². The van der Waals surface area contributed by atoms with Gasteiger partial charge in [0.05, 0.1) is 0 Å². The van der Waals surface area contributed by atoms with Crippen molar-refractivity contribution in [3.63, 3.8) is 0 Å². The molecule has 1 aromatic carbocycles. The predicted octanol–water partition coefficient (Wildman–Crippen LogP) is 1.56. The zero-order valence-corrected chi connectivity index (χ0v) is 13.9. The van der Waals surface area contributed by atoms with Crippen LogP contribution in [0.3, 0.4) is 0 Å². The molecule has 0 N–H and O–H groups in total. The Balaban J connectivity index is 2.21. The van der Waals surface area contributed by atoms with Crippen molar-refractivity contribution >= 4 is 10.2 Å². The van der Waals surface area contributed by atoms with Crippen LogP contribution in [0.2, 0.25) is 0 Å². The van der Waals surface area contributed by atoms with Gasteiger partial charge >= 0.3 is 0 Å². The van der Waals surface area contributed by atoms with Gasteiger partial charge in [0, 0.05) is 38.8 Å². The van der Waals surface area contributed by atoms with Crippen molar-refractivity contribution in [3.05, 3.63) is 35.9 Å². The molecule has 1 aromatic rings. The van der Waals surface area contributed by atoms with E-state index in [0.29, 0.717) is 26.2 Å². The van der Waals surface area contributed by atoms with E-state index in [1.54, 1.807) is 4.31 Å². The largest absolute Gasteiger partial charge is 0.297 e. The fourth-order valence-electron chi connectivity index (χ4n) is 2.81. The number of likely N-dealkylation sites (N-methyl/N-ethyl adjacent to an activating group) is 1. The van der Waals surface area contributed by atoms with E-state index in [0.717, 1.165) is 6.54 Å². The van der Waals surface area contributed by atoms with Crippen LogP contribution in [0.5, 0.6) is 0 Å². The van der Waals surface area contributed by atoms with Crippen molar-refractivity contribution in [1.82, 2.24) is 13.5 Å². The van der Waals surface area contributed by atoms with Crippen molar-refractivity contribution < 1.29 is 8.42 Å². The van der Waals surface area contributed by atoms with Crippen molar-refractivity contribution in [2.45, 2.75) is 19.9 Å². The summed E-state index contributed by atoms with van der Waals surface area (Å²) in [4.78, 5) is 2.23. The van der Waals surface area contributed by atoms with Crippen LogP contribution in [-0.2, 0) is 10.2 Å². The molecular formula is C15H25N3O2S. The lowest BCUT2D eigenvalue weighted by Crippen LogP contribution is -2.53. The van der Waals surface area contributed by atoms with E-state index in [4.69, 9.17) is 0 Å². The maximum atomic E-state index is 12.7. The van der Waals surface area contributed by atoms with Gasteiger partial charge in [-0.3, -0.25) is 4.90 Å². The third kappa shape index (κ3) is 3.45.